The summed E-state index contributed by atoms with van der Waals surface area (Å²) in [7, 11) is 0. The Morgan fingerprint density at radius 1 is 1.13 bits per heavy atom. The van der Waals surface area contributed by atoms with E-state index >= 15 is 0 Å². The summed E-state index contributed by atoms with van der Waals surface area (Å²) in [5.41, 5.74) is 3.39. The number of rotatable bonds is 3. The quantitative estimate of drug-likeness (QED) is 0.750. The van der Waals surface area contributed by atoms with Gasteiger partial charge in [-0.2, -0.15) is 0 Å². The van der Waals surface area contributed by atoms with Gasteiger partial charge in [-0.15, -0.1) is 11.3 Å². The number of nitrogens with zero attached hydrogens (tertiary/aromatic N) is 1. The van der Waals surface area contributed by atoms with E-state index in [0.717, 1.165) is 16.3 Å². The molecule has 23 heavy (non-hydrogen) atoms. The molecule has 0 fully saturated rings. The fourth-order valence-corrected chi connectivity index (χ4v) is 2.78. The van der Waals surface area contributed by atoms with Gasteiger partial charge in [0.2, 0.25) is 0 Å². The minimum absolute atomic E-state index is 0.298. The highest BCUT2D eigenvalue weighted by Gasteiger charge is 2.09. The third-order valence-electron chi connectivity index (χ3n) is 3.49. The van der Waals surface area contributed by atoms with E-state index in [-0.39, 0.29) is 11.7 Å². The van der Waals surface area contributed by atoms with E-state index in [1.165, 1.54) is 6.07 Å². The van der Waals surface area contributed by atoms with Crippen LogP contribution in [0, 0.1) is 19.7 Å². The van der Waals surface area contributed by atoms with Gasteiger partial charge in [0, 0.05) is 22.2 Å². The summed E-state index contributed by atoms with van der Waals surface area (Å²) < 4.78 is 13.5. The Labute approximate surface area is 137 Å². The summed E-state index contributed by atoms with van der Waals surface area (Å²) >= 11 is 1.60. The number of amides is 1. The molecule has 1 N–H and O–H groups in total. The Kier molecular flexibility index (Phi) is 4.21. The first-order valence-electron chi connectivity index (χ1n) is 7.13. The average molecular weight is 326 g/mol. The van der Waals surface area contributed by atoms with Crippen molar-refractivity contribution in [1.29, 1.82) is 0 Å². The maximum absolute atomic E-state index is 13.5. The molecule has 0 unspecified atom stereocenters. The van der Waals surface area contributed by atoms with E-state index in [4.69, 9.17) is 0 Å². The van der Waals surface area contributed by atoms with E-state index in [2.05, 4.69) is 10.3 Å². The van der Waals surface area contributed by atoms with Crippen LogP contribution < -0.4 is 5.32 Å². The maximum atomic E-state index is 13.5. The zero-order valence-electron chi connectivity index (χ0n) is 12.8. The van der Waals surface area contributed by atoms with Crippen molar-refractivity contribution in [1.82, 2.24) is 4.98 Å². The number of hydrogen-bond acceptors (Lipinski definition) is 3. The standard InChI is InChI=1S/C18H15FN2OS/c1-11-3-4-14(9-16(11)19)18(22)21-15-7-5-13(6-8-15)17-10-23-12(2)20-17/h3-10H,1-2H3,(H,21,22). The zero-order valence-corrected chi connectivity index (χ0v) is 13.6. The number of thiazole rings is 1. The molecule has 1 amide bonds. The van der Waals surface area contributed by atoms with E-state index < -0.39 is 0 Å². The van der Waals surface area contributed by atoms with Gasteiger partial charge in [0.15, 0.2) is 0 Å². The number of aryl methyl sites for hydroxylation is 2. The van der Waals surface area contributed by atoms with Crippen LogP contribution in [0.4, 0.5) is 10.1 Å². The number of carbonyl (C=O) groups excluding carboxylic acids is 1. The van der Waals surface area contributed by atoms with Crippen molar-refractivity contribution in [2.75, 3.05) is 5.32 Å². The molecule has 0 aliphatic heterocycles. The fraction of sp³-hybridized carbons (Fsp3) is 0.111. The first-order valence-corrected chi connectivity index (χ1v) is 8.01. The normalized spacial score (nSPS) is 10.6. The molecule has 1 heterocycles. The van der Waals surface area contributed by atoms with Crippen LogP contribution in [0.1, 0.15) is 20.9 Å². The van der Waals surface area contributed by atoms with Gasteiger partial charge in [0.25, 0.3) is 5.91 Å². The van der Waals surface area contributed by atoms with Crippen molar-refractivity contribution in [3.63, 3.8) is 0 Å². The summed E-state index contributed by atoms with van der Waals surface area (Å²) in [4.78, 5) is 16.6. The Balaban J connectivity index is 1.75. The van der Waals surface area contributed by atoms with Crippen molar-refractivity contribution in [2.45, 2.75) is 13.8 Å². The van der Waals surface area contributed by atoms with Gasteiger partial charge in [-0.05, 0) is 43.7 Å². The van der Waals surface area contributed by atoms with Crippen LogP contribution in [0.25, 0.3) is 11.3 Å². The molecule has 0 spiro atoms. The summed E-state index contributed by atoms with van der Waals surface area (Å²) in [5, 5.41) is 5.78. The van der Waals surface area contributed by atoms with E-state index in [9.17, 15) is 9.18 Å². The Morgan fingerprint density at radius 2 is 1.87 bits per heavy atom. The highest BCUT2D eigenvalue weighted by molar-refractivity contribution is 7.09. The molecule has 0 saturated carbocycles. The molecular formula is C18H15FN2OS. The fourth-order valence-electron chi connectivity index (χ4n) is 2.16. The van der Waals surface area contributed by atoms with Crippen LogP contribution in [-0.2, 0) is 0 Å². The number of halogens is 1. The third-order valence-corrected chi connectivity index (χ3v) is 4.27. The van der Waals surface area contributed by atoms with Gasteiger partial charge in [0.1, 0.15) is 5.82 Å². The number of nitrogens with one attached hydrogen (secondary N) is 1. The van der Waals surface area contributed by atoms with Crippen LogP contribution in [-0.4, -0.2) is 10.9 Å². The Morgan fingerprint density at radius 3 is 2.48 bits per heavy atom. The zero-order chi connectivity index (χ0) is 16.4. The van der Waals surface area contributed by atoms with Gasteiger partial charge in [0.05, 0.1) is 10.7 Å². The third kappa shape index (κ3) is 3.46. The summed E-state index contributed by atoms with van der Waals surface area (Å²) in [5.74, 6) is -0.715. The lowest BCUT2D eigenvalue weighted by atomic mass is 10.1. The van der Waals surface area contributed by atoms with E-state index in [1.807, 2.05) is 36.6 Å². The van der Waals surface area contributed by atoms with Crippen LogP contribution in [0.15, 0.2) is 47.8 Å². The van der Waals surface area contributed by atoms with Crippen molar-refractivity contribution < 1.29 is 9.18 Å². The van der Waals surface area contributed by atoms with Crippen molar-refractivity contribution in [3.05, 3.63) is 69.8 Å². The second-order valence-electron chi connectivity index (χ2n) is 5.25. The van der Waals surface area contributed by atoms with E-state index in [1.54, 1.807) is 30.4 Å². The Hall–Kier alpha value is -2.53. The molecular weight excluding hydrogens is 311 g/mol. The first kappa shape index (κ1) is 15.4. The molecule has 1 aromatic heterocycles. The molecule has 116 valence electrons. The second-order valence-corrected chi connectivity index (χ2v) is 6.31. The molecule has 0 aliphatic rings. The Bertz CT molecular complexity index is 856. The minimum atomic E-state index is -0.383. The molecule has 3 nitrogen and oxygen atoms in total. The summed E-state index contributed by atoms with van der Waals surface area (Å²) in [6.45, 7) is 3.62. The molecule has 0 saturated heterocycles. The first-order chi connectivity index (χ1) is 11.0. The van der Waals surface area contributed by atoms with Crippen LogP contribution in [0.5, 0.6) is 0 Å². The van der Waals surface area contributed by atoms with Crippen LogP contribution in [0.3, 0.4) is 0 Å². The van der Waals surface area contributed by atoms with Crippen molar-refractivity contribution in [2.24, 2.45) is 0 Å². The predicted octanol–water partition coefficient (Wildman–Crippen LogP) is 4.82. The van der Waals surface area contributed by atoms with Gasteiger partial charge in [-0.1, -0.05) is 18.2 Å². The molecule has 0 bridgehead atoms. The lowest BCUT2D eigenvalue weighted by Gasteiger charge is -2.07. The number of carbonyl (C=O) groups is 1. The molecule has 0 atom stereocenters. The summed E-state index contributed by atoms with van der Waals surface area (Å²) in [6, 6.07) is 11.9. The smallest absolute Gasteiger partial charge is 0.255 e. The van der Waals surface area contributed by atoms with Crippen LogP contribution >= 0.6 is 11.3 Å². The monoisotopic (exact) mass is 326 g/mol. The van der Waals surface area contributed by atoms with E-state index in [0.29, 0.717) is 16.8 Å². The highest BCUT2D eigenvalue weighted by atomic mass is 32.1. The second kappa shape index (κ2) is 6.30. The van der Waals surface area contributed by atoms with Crippen molar-refractivity contribution in [3.8, 4) is 11.3 Å². The topological polar surface area (TPSA) is 42.0 Å². The van der Waals surface area contributed by atoms with Crippen molar-refractivity contribution >= 4 is 22.9 Å². The van der Waals surface area contributed by atoms with Gasteiger partial charge < -0.3 is 5.32 Å². The minimum Gasteiger partial charge on any atom is -0.322 e. The number of benzene rings is 2. The molecule has 0 aliphatic carbocycles. The molecule has 3 rings (SSSR count). The lowest BCUT2D eigenvalue weighted by molar-refractivity contribution is 0.102. The number of anilines is 1. The van der Waals surface area contributed by atoms with Gasteiger partial charge in [-0.3, -0.25) is 4.79 Å². The molecule has 5 heteroatoms. The SMILES string of the molecule is Cc1nc(-c2ccc(NC(=O)c3ccc(C)c(F)c3)cc2)cs1. The maximum Gasteiger partial charge on any atom is 0.255 e. The van der Waals surface area contributed by atoms with Crippen LogP contribution in [0.2, 0.25) is 0 Å². The molecule has 0 radical (unpaired) electrons. The molecule has 3 aromatic rings. The average Bonchev–Trinajstić information content (AvgIpc) is 2.97. The summed E-state index contributed by atoms with van der Waals surface area (Å²) in [6.07, 6.45) is 0. The predicted molar refractivity (Wildman–Crippen MR) is 91.4 cm³/mol. The largest absolute Gasteiger partial charge is 0.322 e. The van der Waals surface area contributed by atoms with Gasteiger partial charge in [-0.25, -0.2) is 9.37 Å². The number of aromatic nitrogens is 1. The highest BCUT2D eigenvalue weighted by Crippen LogP contribution is 2.23. The number of hydrogen-bond donors (Lipinski definition) is 1. The van der Waals surface area contributed by atoms with Gasteiger partial charge >= 0.3 is 0 Å². The molecule has 2 aromatic carbocycles. The lowest BCUT2D eigenvalue weighted by Crippen LogP contribution is -2.12.